The van der Waals surface area contributed by atoms with E-state index in [9.17, 15) is 5.26 Å². The van der Waals surface area contributed by atoms with Crippen LogP contribution < -0.4 is 10.5 Å². The molecule has 1 aliphatic rings. The van der Waals surface area contributed by atoms with Gasteiger partial charge in [-0.3, -0.25) is 0 Å². The van der Waals surface area contributed by atoms with Crippen molar-refractivity contribution < 1.29 is 4.74 Å². The normalized spacial score (nSPS) is 16.0. The van der Waals surface area contributed by atoms with Crippen molar-refractivity contribution in [3.63, 3.8) is 0 Å². The lowest BCUT2D eigenvalue weighted by molar-refractivity contribution is 0.193. The molecule has 29 heavy (non-hydrogen) atoms. The van der Waals surface area contributed by atoms with Gasteiger partial charge in [0.15, 0.2) is 5.82 Å². The molecule has 3 rings (SSSR count). The third kappa shape index (κ3) is 5.60. The standard InChI is InChI=1S/C22H34N6O/c1-3-10-16(2)29-22-26-19-17(18(15-23)25-20(19)21(24)27-22)11-6-4-7-12-28-13-8-5-9-14-28/h16,25H,3-14H2,1-2H3,(H2,24,26,27). The number of nitrogens with two attached hydrogens (primary N) is 1. The lowest BCUT2D eigenvalue weighted by atomic mass is 10.1. The first-order chi connectivity index (χ1) is 14.1. The van der Waals surface area contributed by atoms with Gasteiger partial charge in [0.1, 0.15) is 22.8 Å². The first-order valence-electron chi connectivity index (χ1n) is 11.1. The maximum absolute atomic E-state index is 9.56. The van der Waals surface area contributed by atoms with Gasteiger partial charge < -0.3 is 20.4 Å². The van der Waals surface area contributed by atoms with E-state index in [1.807, 2.05) is 6.92 Å². The van der Waals surface area contributed by atoms with Gasteiger partial charge in [-0.1, -0.05) is 26.2 Å². The highest BCUT2D eigenvalue weighted by atomic mass is 16.5. The number of piperidine rings is 1. The third-order valence-electron chi connectivity index (χ3n) is 5.72. The van der Waals surface area contributed by atoms with E-state index in [0.29, 0.717) is 23.0 Å². The Bertz CT molecular complexity index is 834. The molecule has 0 amide bonds. The number of hydrogen-bond donors (Lipinski definition) is 2. The number of hydrogen-bond acceptors (Lipinski definition) is 6. The number of nitrogen functional groups attached to an aromatic ring is 1. The van der Waals surface area contributed by atoms with Gasteiger partial charge in [-0.2, -0.15) is 15.2 Å². The molecular weight excluding hydrogens is 364 g/mol. The number of likely N-dealkylation sites (tertiary alicyclic amines) is 1. The van der Waals surface area contributed by atoms with Crippen LogP contribution in [0.2, 0.25) is 0 Å². The maximum Gasteiger partial charge on any atom is 0.319 e. The van der Waals surface area contributed by atoms with E-state index >= 15 is 0 Å². The van der Waals surface area contributed by atoms with E-state index < -0.39 is 0 Å². The summed E-state index contributed by atoms with van der Waals surface area (Å²) in [4.78, 5) is 14.5. The monoisotopic (exact) mass is 398 g/mol. The summed E-state index contributed by atoms with van der Waals surface area (Å²) in [6.07, 6.45) is 10.2. The second kappa shape index (κ2) is 10.4. The summed E-state index contributed by atoms with van der Waals surface area (Å²) in [6.45, 7) is 7.80. The maximum atomic E-state index is 9.56. The third-order valence-corrected chi connectivity index (χ3v) is 5.72. The highest BCUT2D eigenvalue weighted by Crippen LogP contribution is 2.28. The van der Waals surface area contributed by atoms with Crippen molar-refractivity contribution in [1.29, 1.82) is 5.26 Å². The van der Waals surface area contributed by atoms with E-state index in [-0.39, 0.29) is 6.10 Å². The molecule has 0 bridgehead atoms. The number of unbranched alkanes of at least 4 members (excludes halogenated alkanes) is 2. The van der Waals surface area contributed by atoms with Crippen molar-refractivity contribution in [1.82, 2.24) is 19.9 Å². The lowest BCUT2D eigenvalue weighted by Crippen LogP contribution is -2.30. The summed E-state index contributed by atoms with van der Waals surface area (Å²) >= 11 is 0. The van der Waals surface area contributed by atoms with Crippen LogP contribution in [0.15, 0.2) is 0 Å². The van der Waals surface area contributed by atoms with Gasteiger partial charge in [-0.05, 0) is 65.1 Å². The van der Waals surface area contributed by atoms with Crippen LogP contribution in [0.5, 0.6) is 6.01 Å². The van der Waals surface area contributed by atoms with Crippen LogP contribution in [0.3, 0.4) is 0 Å². The minimum atomic E-state index is 0.0319. The Morgan fingerprint density at radius 1 is 1.21 bits per heavy atom. The van der Waals surface area contributed by atoms with Crippen LogP contribution in [-0.2, 0) is 6.42 Å². The highest BCUT2D eigenvalue weighted by molar-refractivity contribution is 5.89. The molecule has 7 nitrogen and oxygen atoms in total. The van der Waals surface area contributed by atoms with E-state index in [1.54, 1.807) is 0 Å². The highest BCUT2D eigenvalue weighted by Gasteiger charge is 2.18. The number of aryl methyl sites for hydroxylation is 1. The molecule has 2 aromatic rings. The zero-order valence-corrected chi connectivity index (χ0v) is 17.8. The fourth-order valence-electron chi connectivity index (χ4n) is 4.15. The minimum absolute atomic E-state index is 0.0319. The lowest BCUT2D eigenvalue weighted by Gasteiger charge is -2.26. The molecule has 158 valence electrons. The van der Waals surface area contributed by atoms with Crippen LogP contribution in [0.4, 0.5) is 5.82 Å². The summed E-state index contributed by atoms with van der Waals surface area (Å²) in [5.41, 5.74) is 8.96. The predicted octanol–water partition coefficient (Wildman–Crippen LogP) is 4.18. The summed E-state index contributed by atoms with van der Waals surface area (Å²) in [5.74, 6) is 0.335. The number of anilines is 1. The number of ether oxygens (including phenoxy) is 1. The minimum Gasteiger partial charge on any atom is -0.460 e. The molecule has 0 spiro atoms. The number of aromatic nitrogens is 3. The summed E-state index contributed by atoms with van der Waals surface area (Å²) in [6, 6.07) is 2.55. The SMILES string of the molecule is CCCC(C)Oc1nc(N)c2[nH]c(C#N)c(CCCCCN3CCCCC3)c2n1. The van der Waals surface area contributed by atoms with Crippen molar-refractivity contribution in [3.8, 4) is 12.1 Å². The molecular formula is C22H34N6O. The van der Waals surface area contributed by atoms with E-state index in [0.717, 1.165) is 43.2 Å². The average molecular weight is 399 g/mol. The van der Waals surface area contributed by atoms with Gasteiger partial charge in [-0.15, -0.1) is 0 Å². The zero-order valence-electron chi connectivity index (χ0n) is 17.8. The van der Waals surface area contributed by atoms with Gasteiger partial charge in [-0.25, -0.2) is 0 Å². The number of nitrogens with one attached hydrogen (secondary N) is 1. The largest absolute Gasteiger partial charge is 0.460 e. The number of rotatable bonds is 10. The van der Waals surface area contributed by atoms with Gasteiger partial charge in [0, 0.05) is 5.56 Å². The molecule has 7 heteroatoms. The Morgan fingerprint density at radius 3 is 2.72 bits per heavy atom. The summed E-state index contributed by atoms with van der Waals surface area (Å²) < 4.78 is 5.85. The van der Waals surface area contributed by atoms with Crippen molar-refractivity contribution in [2.75, 3.05) is 25.4 Å². The average Bonchev–Trinajstić information content (AvgIpc) is 3.07. The smallest absolute Gasteiger partial charge is 0.319 e. The molecule has 1 saturated heterocycles. The molecule has 3 N–H and O–H groups in total. The van der Waals surface area contributed by atoms with E-state index in [4.69, 9.17) is 10.5 Å². The number of nitrogens with zero attached hydrogens (tertiary/aromatic N) is 4. The molecule has 2 aromatic heterocycles. The Hall–Kier alpha value is -2.33. The topological polar surface area (TPSA) is 104 Å². The first-order valence-corrected chi connectivity index (χ1v) is 11.1. The second-order valence-electron chi connectivity index (χ2n) is 8.14. The van der Waals surface area contributed by atoms with Crippen molar-refractivity contribution in [2.24, 2.45) is 0 Å². The van der Waals surface area contributed by atoms with Crippen LogP contribution in [0.25, 0.3) is 11.0 Å². The zero-order chi connectivity index (χ0) is 20.6. The number of H-pyrrole nitrogens is 1. The molecule has 0 aliphatic carbocycles. The first kappa shape index (κ1) is 21.4. The van der Waals surface area contributed by atoms with Crippen molar-refractivity contribution >= 4 is 16.9 Å². The van der Waals surface area contributed by atoms with Crippen LogP contribution in [-0.4, -0.2) is 45.6 Å². The van der Waals surface area contributed by atoms with Gasteiger partial charge in [0.05, 0.1) is 6.10 Å². The van der Waals surface area contributed by atoms with Crippen molar-refractivity contribution in [3.05, 3.63) is 11.3 Å². The van der Waals surface area contributed by atoms with Crippen molar-refractivity contribution in [2.45, 2.75) is 77.7 Å². The van der Waals surface area contributed by atoms with Crippen LogP contribution in [0, 0.1) is 11.3 Å². The molecule has 0 saturated carbocycles. The molecule has 1 atom stereocenters. The Labute approximate surface area is 173 Å². The van der Waals surface area contributed by atoms with E-state index in [2.05, 4.69) is 32.8 Å². The summed E-state index contributed by atoms with van der Waals surface area (Å²) in [7, 11) is 0. The fourth-order valence-corrected chi connectivity index (χ4v) is 4.15. The van der Waals surface area contributed by atoms with Gasteiger partial charge in [0.25, 0.3) is 0 Å². The van der Waals surface area contributed by atoms with Gasteiger partial charge in [0.2, 0.25) is 0 Å². The Kier molecular flexibility index (Phi) is 7.70. The fraction of sp³-hybridized carbons (Fsp3) is 0.682. The Morgan fingerprint density at radius 2 is 2.00 bits per heavy atom. The summed E-state index contributed by atoms with van der Waals surface area (Å²) in [5, 5.41) is 9.56. The molecule has 0 aromatic carbocycles. The number of nitriles is 1. The molecule has 1 unspecified atom stereocenters. The number of fused-ring (bicyclic) bond motifs is 1. The van der Waals surface area contributed by atoms with Crippen LogP contribution in [0.1, 0.15) is 76.5 Å². The molecule has 1 aliphatic heterocycles. The quantitative estimate of drug-likeness (QED) is 0.582. The van der Waals surface area contributed by atoms with Crippen LogP contribution >= 0.6 is 0 Å². The molecule has 0 radical (unpaired) electrons. The van der Waals surface area contributed by atoms with E-state index in [1.165, 1.54) is 45.3 Å². The molecule has 3 heterocycles. The van der Waals surface area contributed by atoms with Gasteiger partial charge >= 0.3 is 6.01 Å². The molecule has 1 fully saturated rings. The second-order valence-corrected chi connectivity index (χ2v) is 8.14. The Balaban J connectivity index is 1.65. The predicted molar refractivity (Wildman–Crippen MR) is 116 cm³/mol. The number of aromatic amines is 1.